The zero-order valence-corrected chi connectivity index (χ0v) is 54.0. The third kappa shape index (κ3) is 66.9. The topological polar surface area (TPSA) is 78.9 Å². The lowest BCUT2D eigenvalue weighted by molar-refractivity contribution is -0.166. The van der Waals surface area contributed by atoms with E-state index in [0.29, 0.717) is 19.3 Å². The monoisotopic (exact) mass is 1140 g/mol. The molecule has 0 fully saturated rings. The van der Waals surface area contributed by atoms with Gasteiger partial charge in [-0.15, -0.1) is 0 Å². The van der Waals surface area contributed by atoms with Crippen LogP contribution in [0.2, 0.25) is 0 Å². The van der Waals surface area contributed by atoms with Gasteiger partial charge in [0.1, 0.15) is 13.2 Å². The lowest BCUT2D eigenvalue weighted by Gasteiger charge is -2.18. The highest BCUT2D eigenvalue weighted by molar-refractivity contribution is 5.71. The Morgan fingerprint density at radius 3 is 0.793 bits per heavy atom. The van der Waals surface area contributed by atoms with E-state index in [1.807, 2.05) is 6.08 Å². The van der Waals surface area contributed by atoms with Gasteiger partial charge >= 0.3 is 17.9 Å². The van der Waals surface area contributed by atoms with Crippen LogP contribution in [-0.4, -0.2) is 37.2 Å². The van der Waals surface area contributed by atoms with E-state index in [0.717, 1.165) is 89.9 Å². The summed E-state index contributed by atoms with van der Waals surface area (Å²) in [5.74, 6) is -0.977. The summed E-state index contributed by atoms with van der Waals surface area (Å²) in [6.45, 7) is 6.49. The van der Waals surface area contributed by atoms with Gasteiger partial charge in [0.15, 0.2) is 6.10 Å². The number of carbonyl (C=O) groups is 3. The second kappa shape index (κ2) is 69.6. The Bertz CT molecular complexity index is 1640. The summed E-state index contributed by atoms with van der Waals surface area (Å²) in [6.07, 6.45) is 95.6. The average Bonchev–Trinajstić information content (AvgIpc) is 3.47. The van der Waals surface area contributed by atoms with E-state index in [1.165, 1.54) is 199 Å². The number of unbranched alkanes of at least 4 members (excludes halogenated alkanes) is 34. The van der Waals surface area contributed by atoms with E-state index >= 15 is 0 Å². The van der Waals surface area contributed by atoms with Gasteiger partial charge in [0, 0.05) is 19.3 Å². The van der Waals surface area contributed by atoms with Crippen LogP contribution in [0.5, 0.6) is 0 Å². The van der Waals surface area contributed by atoms with Crippen LogP contribution in [0.4, 0.5) is 0 Å². The SMILES string of the molecule is CC/C=C\C/C=C\C/C=C\C/C=C\C/C=C\C/C=C\CCC(=O)OC(COC(=O)CCCCCCCCCCCCCCCC)COC(=O)CCCCCCCCCCCCCCCCCC/C=C\C/C=C\C/C=C\CCCCCCC. The molecule has 0 bridgehead atoms. The highest BCUT2D eigenvalue weighted by atomic mass is 16.6. The summed E-state index contributed by atoms with van der Waals surface area (Å²) in [7, 11) is 0. The van der Waals surface area contributed by atoms with Gasteiger partial charge in [-0.05, 0) is 96.3 Å². The fourth-order valence-corrected chi connectivity index (χ4v) is 9.83. The maximum absolute atomic E-state index is 12.9. The molecule has 0 rings (SSSR count). The average molecular weight is 1140 g/mol. The molecular formula is C76H130O6. The minimum Gasteiger partial charge on any atom is -0.462 e. The van der Waals surface area contributed by atoms with Crippen molar-refractivity contribution in [3.63, 3.8) is 0 Å². The quantitative estimate of drug-likeness (QED) is 0.0261. The van der Waals surface area contributed by atoms with Crippen LogP contribution in [0.3, 0.4) is 0 Å². The molecule has 6 nitrogen and oxygen atoms in total. The van der Waals surface area contributed by atoms with Gasteiger partial charge in [0.05, 0.1) is 0 Å². The van der Waals surface area contributed by atoms with Crippen molar-refractivity contribution in [1.29, 1.82) is 0 Å². The molecule has 82 heavy (non-hydrogen) atoms. The van der Waals surface area contributed by atoms with E-state index in [4.69, 9.17) is 14.2 Å². The van der Waals surface area contributed by atoms with Crippen LogP contribution in [0, 0.1) is 0 Å². The zero-order chi connectivity index (χ0) is 59.2. The Hall–Kier alpha value is -3.93. The van der Waals surface area contributed by atoms with Crippen molar-refractivity contribution in [3.8, 4) is 0 Å². The van der Waals surface area contributed by atoms with Crippen LogP contribution in [0.25, 0.3) is 0 Å². The third-order valence-corrected chi connectivity index (χ3v) is 15.0. The lowest BCUT2D eigenvalue weighted by Crippen LogP contribution is -2.30. The number of hydrogen-bond acceptors (Lipinski definition) is 6. The minimum absolute atomic E-state index is 0.105. The van der Waals surface area contributed by atoms with Crippen LogP contribution in [0.15, 0.2) is 109 Å². The van der Waals surface area contributed by atoms with Gasteiger partial charge in [0.2, 0.25) is 0 Å². The van der Waals surface area contributed by atoms with Crippen molar-refractivity contribution in [1.82, 2.24) is 0 Å². The molecule has 0 saturated carbocycles. The van der Waals surface area contributed by atoms with Crippen molar-refractivity contribution in [2.24, 2.45) is 0 Å². The Morgan fingerprint density at radius 1 is 0.256 bits per heavy atom. The molecule has 0 aromatic heterocycles. The molecule has 0 N–H and O–H groups in total. The molecular weight excluding hydrogens is 1010 g/mol. The maximum atomic E-state index is 12.9. The number of hydrogen-bond donors (Lipinski definition) is 0. The second-order valence-corrected chi connectivity index (χ2v) is 23.1. The van der Waals surface area contributed by atoms with E-state index in [9.17, 15) is 14.4 Å². The Balaban J connectivity index is 4.30. The molecule has 1 unspecified atom stereocenters. The first-order chi connectivity index (χ1) is 40.5. The van der Waals surface area contributed by atoms with Crippen molar-refractivity contribution >= 4 is 17.9 Å². The standard InChI is InChI=1S/C76H130O6/c1-4-7-10-13-16-19-22-25-28-30-32-33-34-35-36-37-38-39-40-41-42-43-45-46-48-51-54-57-60-63-66-69-75(78)81-72-73(71-80-74(77)68-65-62-59-56-53-50-27-24-21-18-15-12-9-6-3)82-76(79)70-67-64-61-58-55-52-49-47-44-31-29-26-23-20-17-14-11-8-5-2/h8,11,17,20,22,25-26,29-30,32,34-35,44,47,52,55,61,64,73H,4-7,9-10,12-16,18-19,21,23-24,27-28,31,33,36-43,45-46,48-51,53-54,56-60,62-63,65-72H2,1-3H3/b11-8-,20-17-,25-22-,29-26-,32-30-,35-34-,47-44-,55-52-,64-61-. The number of esters is 3. The summed E-state index contributed by atoms with van der Waals surface area (Å²) in [6, 6.07) is 0. The summed E-state index contributed by atoms with van der Waals surface area (Å²) in [5, 5.41) is 0. The first-order valence-electron chi connectivity index (χ1n) is 34.9. The van der Waals surface area contributed by atoms with Gasteiger partial charge in [0.25, 0.3) is 0 Å². The summed E-state index contributed by atoms with van der Waals surface area (Å²) >= 11 is 0. The lowest BCUT2D eigenvalue weighted by atomic mass is 10.0. The maximum Gasteiger partial charge on any atom is 0.306 e. The van der Waals surface area contributed by atoms with Crippen molar-refractivity contribution in [2.45, 2.75) is 341 Å². The largest absolute Gasteiger partial charge is 0.462 e. The fraction of sp³-hybridized carbons (Fsp3) is 0.724. The molecule has 0 aromatic carbocycles. The first kappa shape index (κ1) is 78.1. The van der Waals surface area contributed by atoms with Crippen LogP contribution < -0.4 is 0 Å². The first-order valence-corrected chi connectivity index (χ1v) is 34.9. The minimum atomic E-state index is -0.819. The molecule has 470 valence electrons. The molecule has 0 aliphatic rings. The molecule has 0 spiro atoms. The third-order valence-electron chi connectivity index (χ3n) is 15.0. The second-order valence-electron chi connectivity index (χ2n) is 23.1. The molecule has 0 amide bonds. The molecule has 0 aliphatic heterocycles. The number of rotatable bonds is 63. The van der Waals surface area contributed by atoms with E-state index in [2.05, 4.69) is 124 Å². The number of ether oxygens (including phenoxy) is 3. The van der Waals surface area contributed by atoms with Crippen LogP contribution >= 0.6 is 0 Å². The molecule has 1 atom stereocenters. The predicted molar refractivity (Wildman–Crippen MR) is 357 cm³/mol. The molecule has 0 aromatic rings. The highest BCUT2D eigenvalue weighted by Gasteiger charge is 2.19. The zero-order valence-electron chi connectivity index (χ0n) is 54.0. The van der Waals surface area contributed by atoms with Gasteiger partial charge in [-0.1, -0.05) is 329 Å². The molecule has 0 aliphatic carbocycles. The molecule has 0 saturated heterocycles. The van der Waals surface area contributed by atoms with Gasteiger partial charge in [-0.2, -0.15) is 0 Å². The van der Waals surface area contributed by atoms with Gasteiger partial charge in [-0.3, -0.25) is 14.4 Å². The number of carbonyl (C=O) groups excluding carboxylic acids is 3. The summed E-state index contributed by atoms with van der Waals surface area (Å²) in [5.41, 5.74) is 0. The Kier molecular flexibility index (Phi) is 66.2. The summed E-state index contributed by atoms with van der Waals surface area (Å²) in [4.78, 5) is 38.3. The van der Waals surface area contributed by atoms with Crippen molar-refractivity contribution in [3.05, 3.63) is 109 Å². The van der Waals surface area contributed by atoms with Crippen molar-refractivity contribution < 1.29 is 28.6 Å². The normalized spacial score (nSPS) is 12.8. The Labute approximate surface area is 508 Å². The number of allylic oxidation sites excluding steroid dienone is 18. The van der Waals surface area contributed by atoms with Crippen LogP contribution in [0.1, 0.15) is 335 Å². The predicted octanol–water partition coefficient (Wildman–Crippen LogP) is 24.2. The fourth-order valence-electron chi connectivity index (χ4n) is 9.83. The van der Waals surface area contributed by atoms with E-state index in [1.54, 1.807) is 0 Å². The van der Waals surface area contributed by atoms with Crippen LogP contribution in [-0.2, 0) is 28.6 Å². The van der Waals surface area contributed by atoms with E-state index in [-0.39, 0.29) is 37.5 Å². The van der Waals surface area contributed by atoms with Crippen molar-refractivity contribution in [2.75, 3.05) is 13.2 Å². The summed E-state index contributed by atoms with van der Waals surface area (Å²) < 4.78 is 16.9. The van der Waals surface area contributed by atoms with E-state index < -0.39 is 6.10 Å². The molecule has 6 heteroatoms. The Morgan fingerprint density at radius 2 is 0.500 bits per heavy atom. The highest BCUT2D eigenvalue weighted by Crippen LogP contribution is 2.17. The molecule has 0 radical (unpaired) electrons. The van der Waals surface area contributed by atoms with Gasteiger partial charge < -0.3 is 14.2 Å². The van der Waals surface area contributed by atoms with Gasteiger partial charge in [-0.25, -0.2) is 0 Å². The smallest absolute Gasteiger partial charge is 0.306 e. The molecule has 0 heterocycles.